The van der Waals surface area contributed by atoms with Crippen molar-refractivity contribution in [1.29, 1.82) is 0 Å². The summed E-state index contributed by atoms with van der Waals surface area (Å²) in [6.07, 6.45) is 0.244. The summed E-state index contributed by atoms with van der Waals surface area (Å²) in [5.74, 6) is -1.01. The Morgan fingerprint density at radius 2 is 1.63 bits per heavy atom. The molecule has 1 unspecified atom stereocenters. The van der Waals surface area contributed by atoms with Gasteiger partial charge in [0.1, 0.15) is 0 Å². The lowest BCUT2D eigenvalue weighted by molar-refractivity contribution is -0.142. The number of para-hydroxylation sites is 1. The molecule has 1 fully saturated rings. The van der Waals surface area contributed by atoms with Crippen LogP contribution in [0.3, 0.4) is 0 Å². The largest absolute Gasteiger partial charge is 0.373 e. The summed E-state index contributed by atoms with van der Waals surface area (Å²) in [6, 6.07) is 18.5. The van der Waals surface area contributed by atoms with Crippen LogP contribution in [-0.4, -0.2) is 31.4 Å². The maximum absolute atomic E-state index is 13.8. The van der Waals surface area contributed by atoms with Crippen LogP contribution in [0.1, 0.15) is 11.1 Å². The number of amides is 4. The molecule has 0 radical (unpaired) electrons. The summed E-state index contributed by atoms with van der Waals surface area (Å²) in [5.41, 5.74) is 1.87. The second-order valence-electron chi connectivity index (χ2n) is 8.09. The second-order valence-corrected chi connectivity index (χ2v) is 8.09. The summed E-state index contributed by atoms with van der Waals surface area (Å²) in [7, 11) is 1.88. The summed E-state index contributed by atoms with van der Waals surface area (Å²) < 4.78 is 0. The molecular formula is C24H21N3O3. The number of nitrogens with one attached hydrogen (secondary N) is 1. The molecule has 1 saturated heterocycles. The van der Waals surface area contributed by atoms with E-state index < -0.39 is 23.3 Å². The van der Waals surface area contributed by atoms with Gasteiger partial charge in [-0.3, -0.25) is 14.9 Å². The van der Waals surface area contributed by atoms with Gasteiger partial charge in [0.15, 0.2) is 5.41 Å². The van der Waals surface area contributed by atoms with Crippen LogP contribution in [0.4, 0.5) is 16.2 Å². The molecule has 3 aromatic carbocycles. The van der Waals surface area contributed by atoms with Gasteiger partial charge in [-0.1, -0.05) is 48.5 Å². The van der Waals surface area contributed by atoms with Crippen molar-refractivity contribution in [2.24, 2.45) is 5.41 Å². The van der Waals surface area contributed by atoms with Crippen molar-refractivity contribution in [3.63, 3.8) is 0 Å². The molecule has 1 N–H and O–H groups in total. The van der Waals surface area contributed by atoms with Gasteiger partial charge in [0.25, 0.3) is 5.91 Å². The number of hydrogen-bond acceptors (Lipinski definition) is 4. The summed E-state index contributed by atoms with van der Waals surface area (Å²) in [4.78, 5) is 42.7. The number of imide groups is 2. The topological polar surface area (TPSA) is 69.7 Å². The van der Waals surface area contributed by atoms with E-state index in [0.717, 1.165) is 32.5 Å². The molecule has 30 heavy (non-hydrogen) atoms. The van der Waals surface area contributed by atoms with Crippen LogP contribution in [0.15, 0.2) is 60.7 Å². The van der Waals surface area contributed by atoms with Gasteiger partial charge in [0, 0.05) is 25.7 Å². The van der Waals surface area contributed by atoms with Gasteiger partial charge in [-0.15, -0.1) is 0 Å². The highest BCUT2D eigenvalue weighted by atomic mass is 16.2. The molecule has 0 aliphatic carbocycles. The first-order valence-corrected chi connectivity index (χ1v) is 9.90. The number of hydrogen-bond donors (Lipinski definition) is 1. The lowest BCUT2D eigenvalue weighted by Gasteiger charge is -2.45. The quantitative estimate of drug-likeness (QED) is 0.637. The van der Waals surface area contributed by atoms with Gasteiger partial charge in [-0.25, -0.2) is 9.69 Å². The fourth-order valence-electron chi connectivity index (χ4n) is 4.72. The number of barbiturate groups is 1. The lowest BCUT2D eigenvalue weighted by Crippen LogP contribution is -2.68. The molecule has 2 aliphatic heterocycles. The number of carbonyl (C=O) groups excluding carboxylic acids is 3. The second kappa shape index (κ2) is 6.42. The van der Waals surface area contributed by atoms with Crippen LogP contribution >= 0.6 is 0 Å². The minimum Gasteiger partial charge on any atom is -0.373 e. The number of fused-ring (bicyclic) bond motifs is 3. The van der Waals surface area contributed by atoms with E-state index in [0.29, 0.717) is 5.69 Å². The molecule has 6 nitrogen and oxygen atoms in total. The van der Waals surface area contributed by atoms with Crippen LogP contribution in [0.5, 0.6) is 0 Å². The molecule has 2 aliphatic rings. The van der Waals surface area contributed by atoms with E-state index in [-0.39, 0.29) is 13.0 Å². The normalized spacial score (nSPS) is 21.2. The summed E-state index contributed by atoms with van der Waals surface area (Å²) in [5, 5.41) is 4.51. The third-order valence-corrected chi connectivity index (χ3v) is 6.24. The van der Waals surface area contributed by atoms with Crippen LogP contribution in [-0.2, 0) is 16.0 Å². The third-order valence-electron chi connectivity index (χ3n) is 6.24. The van der Waals surface area contributed by atoms with Gasteiger partial charge < -0.3 is 4.90 Å². The third kappa shape index (κ3) is 2.46. The molecule has 6 heteroatoms. The van der Waals surface area contributed by atoms with Crippen molar-refractivity contribution in [3.05, 3.63) is 71.8 Å². The zero-order valence-electron chi connectivity index (χ0n) is 16.8. The molecule has 4 amide bonds. The predicted octanol–water partition coefficient (Wildman–Crippen LogP) is 3.41. The van der Waals surface area contributed by atoms with Crippen molar-refractivity contribution >= 4 is 40.0 Å². The van der Waals surface area contributed by atoms with E-state index in [1.165, 1.54) is 0 Å². The SMILES string of the molecule is Cc1ccccc1N1C(=O)NC(=O)C2(Cc3c(ccc4ccccc34)N(C)C2)C1=O. The Labute approximate surface area is 174 Å². The summed E-state index contributed by atoms with van der Waals surface area (Å²) >= 11 is 0. The number of anilines is 2. The number of rotatable bonds is 1. The first-order valence-electron chi connectivity index (χ1n) is 9.90. The highest BCUT2D eigenvalue weighted by Crippen LogP contribution is 2.43. The molecular weight excluding hydrogens is 378 g/mol. The van der Waals surface area contributed by atoms with E-state index in [4.69, 9.17) is 0 Å². The van der Waals surface area contributed by atoms with Crippen molar-refractivity contribution in [2.45, 2.75) is 13.3 Å². The van der Waals surface area contributed by atoms with Crippen molar-refractivity contribution in [2.75, 3.05) is 23.4 Å². The molecule has 150 valence electrons. The monoisotopic (exact) mass is 399 g/mol. The van der Waals surface area contributed by atoms with Crippen molar-refractivity contribution < 1.29 is 14.4 Å². The van der Waals surface area contributed by atoms with E-state index in [2.05, 4.69) is 11.4 Å². The number of carbonyl (C=O) groups is 3. The fourth-order valence-corrected chi connectivity index (χ4v) is 4.72. The maximum atomic E-state index is 13.8. The number of aryl methyl sites for hydroxylation is 1. The average Bonchev–Trinajstić information content (AvgIpc) is 2.74. The van der Waals surface area contributed by atoms with Crippen LogP contribution in [0.2, 0.25) is 0 Å². The molecule has 1 spiro atoms. The Morgan fingerprint density at radius 1 is 0.900 bits per heavy atom. The zero-order chi connectivity index (χ0) is 21.0. The minimum atomic E-state index is -1.37. The average molecular weight is 399 g/mol. The van der Waals surface area contributed by atoms with Crippen molar-refractivity contribution in [1.82, 2.24) is 5.32 Å². The first kappa shape index (κ1) is 18.4. The molecule has 2 heterocycles. The van der Waals surface area contributed by atoms with Gasteiger partial charge in [0.05, 0.1) is 5.69 Å². The molecule has 0 bridgehead atoms. The van der Waals surface area contributed by atoms with E-state index >= 15 is 0 Å². The van der Waals surface area contributed by atoms with Crippen molar-refractivity contribution in [3.8, 4) is 0 Å². The highest BCUT2D eigenvalue weighted by Gasteiger charge is 2.57. The Balaban J connectivity index is 1.68. The Hall–Kier alpha value is -3.67. The van der Waals surface area contributed by atoms with E-state index in [1.54, 1.807) is 12.1 Å². The molecule has 0 saturated carbocycles. The Bertz CT molecular complexity index is 1240. The van der Waals surface area contributed by atoms with E-state index in [1.807, 2.05) is 61.3 Å². The van der Waals surface area contributed by atoms with Gasteiger partial charge in [-0.05, 0) is 41.0 Å². The summed E-state index contributed by atoms with van der Waals surface area (Å²) in [6.45, 7) is 2.05. The van der Waals surface area contributed by atoms with Crippen LogP contribution < -0.4 is 15.1 Å². The number of urea groups is 1. The number of benzene rings is 3. The first-order chi connectivity index (χ1) is 14.4. The molecule has 5 rings (SSSR count). The fraction of sp³-hybridized carbons (Fsp3) is 0.208. The van der Waals surface area contributed by atoms with Crippen LogP contribution in [0.25, 0.3) is 10.8 Å². The molecule has 0 aromatic heterocycles. The maximum Gasteiger partial charge on any atom is 0.335 e. The molecule has 3 aromatic rings. The predicted molar refractivity (Wildman–Crippen MR) is 116 cm³/mol. The molecule has 1 atom stereocenters. The highest BCUT2D eigenvalue weighted by molar-refractivity contribution is 6.30. The zero-order valence-corrected chi connectivity index (χ0v) is 16.8. The van der Waals surface area contributed by atoms with E-state index in [9.17, 15) is 14.4 Å². The van der Waals surface area contributed by atoms with Crippen LogP contribution in [0, 0.1) is 12.3 Å². The Morgan fingerprint density at radius 3 is 2.43 bits per heavy atom. The smallest absolute Gasteiger partial charge is 0.335 e. The lowest BCUT2D eigenvalue weighted by atomic mass is 9.73. The van der Waals surface area contributed by atoms with Gasteiger partial charge >= 0.3 is 6.03 Å². The Kier molecular flexibility index (Phi) is 3.93. The number of nitrogens with zero attached hydrogens (tertiary/aromatic N) is 2. The van der Waals surface area contributed by atoms with Gasteiger partial charge in [-0.2, -0.15) is 0 Å². The van der Waals surface area contributed by atoms with Gasteiger partial charge in [0.2, 0.25) is 5.91 Å². The standard InChI is InChI=1S/C24H21N3O3/c1-15-7-3-6-10-19(15)27-22(29)24(21(28)25-23(27)30)13-18-17-9-5-4-8-16(17)11-12-20(18)26(2)14-24/h3-12H,13-14H2,1-2H3,(H,25,28,30). The minimum absolute atomic E-state index is 0.207.